The average molecular weight is 725 g/mol. The van der Waals surface area contributed by atoms with E-state index >= 15 is 0 Å². The largest absolute Gasteiger partial charge is 0.491 e. The van der Waals surface area contributed by atoms with Gasteiger partial charge in [-0.3, -0.25) is 9.36 Å². The van der Waals surface area contributed by atoms with Crippen molar-refractivity contribution in [3.05, 3.63) is 86.5 Å². The van der Waals surface area contributed by atoms with E-state index in [4.69, 9.17) is 14.2 Å². The van der Waals surface area contributed by atoms with Crippen LogP contribution in [-0.2, 0) is 9.53 Å². The highest BCUT2D eigenvalue weighted by molar-refractivity contribution is 14.1. The second-order valence-electron chi connectivity index (χ2n) is 9.48. The topological polar surface area (TPSA) is 79.1 Å². The molecule has 2 heterocycles. The van der Waals surface area contributed by atoms with Gasteiger partial charge in [-0.05, 0) is 88.4 Å². The second-order valence-corrected chi connectivity index (χ2v) is 12.6. The standard InChI is InChI=1S/C29H30BrIN2O5S/c1-7-36-28(35)24-17(6)32-29-33(25(24)20-10-8-9-11-22(20)37-15(2)3)27(34)23(39-29)13-18-12-19(30)14-21(31)26(18)38-16(4)5/h8-16,25H,7H2,1-6H3/b23-13-/t25-/m0/s1. The fourth-order valence-corrected chi connectivity index (χ4v) is 7.06. The molecular weight excluding hydrogens is 695 g/mol. The van der Waals surface area contributed by atoms with Crippen molar-refractivity contribution in [1.29, 1.82) is 0 Å². The molecule has 0 aliphatic carbocycles. The minimum Gasteiger partial charge on any atom is -0.491 e. The van der Waals surface area contributed by atoms with Crippen molar-refractivity contribution in [3.8, 4) is 11.5 Å². The van der Waals surface area contributed by atoms with Gasteiger partial charge >= 0.3 is 5.97 Å². The minimum atomic E-state index is -0.758. The zero-order chi connectivity index (χ0) is 28.4. The molecule has 1 aromatic heterocycles. The summed E-state index contributed by atoms with van der Waals surface area (Å²) in [6.07, 6.45) is 1.68. The van der Waals surface area contributed by atoms with E-state index in [2.05, 4.69) is 43.5 Å². The summed E-state index contributed by atoms with van der Waals surface area (Å²) >= 11 is 7.07. The average Bonchev–Trinajstić information content (AvgIpc) is 3.14. The number of fused-ring (bicyclic) bond motifs is 1. The Kier molecular flexibility index (Phi) is 9.38. The number of esters is 1. The third kappa shape index (κ3) is 6.33. The molecule has 3 aromatic rings. The normalized spacial score (nSPS) is 15.4. The Balaban J connectivity index is 2.00. The summed E-state index contributed by atoms with van der Waals surface area (Å²) in [6, 6.07) is 10.6. The Morgan fingerprint density at radius 2 is 1.87 bits per heavy atom. The molecule has 1 aliphatic heterocycles. The number of ether oxygens (including phenoxy) is 3. The first-order chi connectivity index (χ1) is 18.5. The van der Waals surface area contributed by atoms with Crippen molar-refractivity contribution in [1.82, 2.24) is 4.57 Å². The Morgan fingerprint density at radius 3 is 2.54 bits per heavy atom. The van der Waals surface area contributed by atoms with E-state index < -0.39 is 12.0 Å². The number of hydrogen-bond acceptors (Lipinski definition) is 7. The third-order valence-corrected chi connectivity index (χ3v) is 8.01. The molecule has 0 amide bonds. The molecule has 0 unspecified atom stereocenters. The molecule has 1 atom stereocenters. The lowest BCUT2D eigenvalue weighted by Gasteiger charge is -2.26. The Labute approximate surface area is 253 Å². The number of carbonyl (C=O) groups is 1. The van der Waals surface area contributed by atoms with Crippen LogP contribution in [0.25, 0.3) is 6.08 Å². The van der Waals surface area contributed by atoms with Gasteiger partial charge in [0.25, 0.3) is 5.56 Å². The maximum atomic E-state index is 14.1. The molecule has 2 aromatic carbocycles. The molecule has 206 valence electrons. The summed E-state index contributed by atoms with van der Waals surface area (Å²) in [5.41, 5.74) is 2.02. The van der Waals surface area contributed by atoms with Gasteiger partial charge in [0.05, 0.1) is 38.2 Å². The number of benzene rings is 2. The fourth-order valence-electron chi connectivity index (χ4n) is 4.34. The van der Waals surface area contributed by atoms with E-state index in [0.717, 1.165) is 13.6 Å². The molecule has 10 heteroatoms. The predicted octanol–water partition coefficient (Wildman–Crippen LogP) is 5.74. The van der Waals surface area contributed by atoms with Crippen molar-refractivity contribution in [2.45, 2.75) is 59.8 Å². The van der Waals surface area contributed by atoms with Crippen LogP contribution < -0.4 is 24.4 Å². The number of hydrogen-bond donors (Lipinski definition) is 0. The highest BCUT2D eigenvalue weighted by Gasteiger charge is 2.35. The van der Waals surface area contributed by atoms with Crippen LogP contribution in [0.15, 0.2) is 61.9 Å². The molecule has 0 spiro atoms. The summed E-state index contributed by atoms with van der Waals surface area (Å²) in [5, 5.41) is 0. The van der Waals surface area contributed by atoms with Crippen molar-refractivity contribution in [3.63, 3.8) is 0 Å². The first-order valence-corrected chi connectivity index (χ1v) is 15.3. The summed E-state index contributed by atoms with van der Waals surface area (Å²) < 4.78 is 21.5. The number of para-hydroxylation sites is 1. The smallest absolute Gasteiger partial charge is 0.338 e. The lowest BCUT2D eigenvalue weighted by Crippen LogP contribution is -2.40. The van der Waals surface area contributed by atoms with Gasteiger partial charge in [-0.1, -0.05) is 45.5 Å². The number of thiazole rings is 1. The highest BCUT2D eigenvalue weighted by Crippen LogP contribution is 2.36. The molecular formula is C29H30BrIN2O5S. The molecule has 1 aliphatic rings. The molecule has 4 rings (SSSR count). The monoisotopic (exact) mass is 724 g/mol. The van der Waals surface area contributed by atoms with Gasteiger partial charge in [-0.15, -0.1) is 0 Å². The predicted molar refractivity (Wildman–Crippen MR) is 165 cm³/mol. The number of carbonyl (C=O) groups excluding carboxylic acids is 1. The summed E-state index contributed by atoms with van der Waals surface area (Å²) in [6.45, 7) is 11.5. The lowest BCUT2D eigenvalue weighted by molar-refractivity contribution is -0.139. The van der Waals surface area contributed by atoms with Crippen LogP contribution in [0.2, 0.25) is 0 Å². The van der Waals surface area contributed by atoms with E-state index in [9.17, 15) is 9.59 Å². The zero-order valence-electron chi connectivity index (χ0n) is 22.6. The van der Waals surface area contributed by atoms with E-state index in [0.29, 0.717) is 37.7 Å². The molecule has 0 N–H and O–H groups in total. The van der Waals surface area contributed by atoms with E-state index in [1.165, 1.54) is 11.3 Å². The van der Waals surface area contributed by atoms with E-state index in [-0.39, 0.29) is 24.4 Å². The Morgan fingerprint density at radius 1 is 1.18 bits per heavy atom. The first kappa shape index (κ1) is 29.5. The van der Waals surface area contributed by atoms with Crippen LogP contribution in [0.4, 0.5) is 0 Å². The van der Waals surface area contributed by atoms with E-state index in [1.54, 1.807) is 18.4 Å². The highest BCUT2D eigenvalue weighted by atomic mass is 127. The van der Waals surface area contributed by atoms with Gasteiger partial charge in [-0.2, -0.15) is 0 Å². The second kappa shape index (κ2) is 12.4. The van der Waals surface area contributed by atoms with Crippen molar-refractivity contribution >= 4 is 61.9 Å². The Bertz CT molecular complexity index is 1620. The van der Waals surface area contributed by atoms with Gasteiger partial charge in [0.15, 0.2) is 4.80 Å². The quantitative estimate of drug-likeness (QED) is 0.219. The molecule has 39 heavy (non-hydrogen) atoms. The molecule has 0 saturated heterocycles. The summed E-state index contributed by atoms with van der Waals surface area (Å²) in [7, 11) is 0. The van der Waals surface area contributed by atoms with E-state index in [1.807, 2.05) is 70.2 Å². The van der Waals surface area contributed by atoms with Gasteiger partial charge in [0.1, 0.15) is 17.5 Å². The summed E-state index contributed by atoms with van der Waals surface area (Å²) in [4.78, 5) is 32.5. The SMILES string of the molecule is CCOC(=O)C1=C(C)N=c2s/c(=C\c3cc(Br)cc(I)c3OC(C)C)c(=O)n2[C@H]1c1ccccc1OC(C)C. The minimum absolute atomic E-state index is 0.0414. The molecule has 0 bridgehead atoms. The van der Waals surface area contributed by atoms with Gasteiger partial charge in [0, 0.05) is 15.6 Å². The molecule has 0 fully saturated rings. The number of halogens is 2. The zero-order valence-corrected chi connectivity index (χ0v) is 27.1. The number of aromatic nitrogens is 1. The summed E-state index contributed by atoms with van der Waals surface area (Å²) in [5.74, 6) is 0.791. The lowest BCUT2D eigenvalue weighted by atomic mass is 9.95. The van der Waals surface area contributed by atoms with Crippen LogP contribution in [0.5, 0.6) is 11.5 Å². The third-order valence-electron chi connectivity index (χ3n) is 5.77. The number of rotatable bonds is 8. The van der Waals surface area contributed by atoms with Crippen LogP contribution in [0.1, 0.15) is 58.7 Å². The molecule has 0 radical (unpaired) electrons. The maximum Gasteiger partial charge on any atom is 0.338 e. The van der Waals surface area contributed by atoms with Crippen LogP contribution in [0, 0.1) is 3.57 Å². The first-order valence-electron chi connectivity index (χ1n) is 12.6. The van der Waals surface area contributed by atoms with Crippen molar-refractivity contribution < 1.29 is 19.0 Å². The van der Waals surface area contributed by atoms with Crippen molar-refractivity contribution in [2.75, 3.05) is 6.61 Å². The molecule has 7 nitrogen and oxygen atoms in total. The fraction of sp³-hybridized carbons (Fsp3) is 0.345. The van der Waals surface area contributed by atoms with Crippen LogP contribution in [-0.4, -0.2) is 29.4 Å². The Hall–Kier alpha value is -2.44. The van der Waals surface area contributed by atoms with Crippen LogP contribution >= 0.6 is 49.9 Å². The van der Waals surface area contributed by atoms with Gasteiger partial charge in [0.2, 0.25) is 0 Å². The number of nitrogens with zero attached hydrogens (tertiary/aromatic N) is 2. The van der Waals surface area contributed by atoms with Gasteiger partial charge < -0.3 is 14.2 Å². The molecule has 0 saturated carbocycles. The van der Waals surface area contributed by atoms with Crippen molar-refractivity contribution in [2.24, 2.45) is 4.99 Å². The number of allylic oxidation sites excluding steroid dienone is 1. The van der Waals surface area contributed by atoms with Gasteiger partial charge in [-0.25, -0.2) is 9.79 Å². The van der Waals surface area contributed by atoms with Crippen LogP contribution in [0.3, 0.4) is 0 Å². The maximum absolute atomic E-state index is 14.1.